The normalized spacial score (nSPS) is 19.3. The van der Waals surface area contributed by atoms with Crippen LogP contribution in [0.25, 0.3) is 0 Å². The quantitative estimate of drug-likeness (QED) is 0.844. The summed E-state index contributed by atoms with van der Waals surface area (Å²) in [5, 5.41) is 5.73. The molecule has 2 heterocycles. The zero-order valence-corrected chi connectivity index (χ0v) is 12.5. The molecule has 0 aromatic carbocycles. The van der Waals surface area contributed by atoms with Crippen molar-refractivity contribution in [2.45, 2.75) is 32.7 Å². The molecular formula is C15H22FN3O2. The first-order valence-electron chi connectivity index (χ1n) is 7.40. The number of nitrogens with one attached hydrogen (secondary N) is 2. The molecule has 6 heteroatoms. The number of halogens is 1. The molecule has 2 atom stereocenters. The van der Waals surface area contributed by atoms with Crippen LogP contribution in [0.1, 0.15) is 37.0 Å². The summed E-state index contributed by atoms with van der Waals surface area (Å²) in [6.07, 6.45) is 3.22. The van der Waals surface area contributed by atoms with Crippen LogP contribution < -0.4 is 10.6 Å². The van der Waals surface area contributed by atoms with Crippen molar-refractivity contribution in [3.05, 3.63) is 23.6 Å². The summed E-state index contributed by atoms with van der Waals surface area (Å²) >= 11 is 0. The number of ether oxygens (including phenoxy) is 1. The molecule has 2 N–H and O–H groups in total. The average Bonchev–Trinajstić information content (AvgIpc) is 3.00. The molecule has 2 unspecified atom stereocenters. The van der Waals surface area contributed by atoms with Gasteiger partial charge in [-0.25, -0.2) is 9.37 Å². The van der Waals surface area contributed by atoms with Crippen LogP contribution in [0.3, 0.4) is 0 Å². The molecule has 1 amide bonds. The number of carbonyl (C=O) groups excluding carboxylic acids is 1. The fourth-order valence-electron chi connectivity index (χ4n) is 2.34. The fraction of sp³-hybridized carbons (Fsp3) is 0.600. The zero-order valence-electron chi connectivity index (χ0n) is 12.5. The van der Waals surface area contributed by atoms with E-state index in [1.165, 1.54) is 12.3 Å². The van der Waals surface area contributed by atoms with Crippen LogP contribution in [-0.4, -0.2) is 36.7 Å². The Hall–Kier alpha value is -1.69. The van der Waals surface area contributed by atoms with E-state index in [9.17, 15) is 9.18 Å². The van der Waals surface area contributed by atoms with Crippen molar-refractivity contribution in [2.75, 3.05) is 25.1 Å². The van der Waals surface area contributed by atoms with Crippen molar-refractivity contribution in [3.8, 4) is 0 Å². The molecule has 0 spiro atoms. The molecule has 0 radical (unpaired) electrons. The van der Waals surface area contributed by atoms with Gasteiger partial charge in [-0.3, -0.25) is 4.79 Å². The molecule has 2 rings (SSSR count). The number of pyridine rings is 1. The van der Waals surface area contributed by atoms with E-state index in [-0.39, 0.29) is 23.3 Å². The van der Waals surface area contributed by atoms with Gasteiger partial charge in [0, 0.05) is 31.3 Å². The number of amides is 1. The van der Waals surface area contributed by atoms with Crippen LogP contribution in [-0.2, 0) is 4.74 Å². The van der Waals surface area contributed by atoms with Crippen molar-refractivity contribution in [3.63, 3.8) is 0 Å². The van der Waals surface area contributed by atoms with Crippen LogP contribution in [0, 0.1) is 11.7 Å². The van der Waals surface area contributed by atoms with Crippen molar-refractivity contribution >= 4 is 11.7 Å². The molecule has 5 nitrogen and oxygen atoms in total. The summed E-state index contributed by atoms with van der Waals surface area (Å²) in [6.45, 7) is 5.88. The van der Waals surface area contributed by atoms with Gasteiger partial charge in [-0.05, 0) is 25.8 Å². The van der Waals surface area contributed by atoms with E-state index in [4.69, 9.17) is 4.74 Å². The number of aromatic nitrogens is 1. The van der Waals surface area contributed by atoms with Crippen molar-refractivity contribution < 1.29 is 13.9 Å². The molecule has 0 bridgehead atoms. The monoisotopic (exact) mass is 295 g/mol. The maximum Gasteiger partial charge on any atom is 0.254 e. The molecular weight excluding hydrogens is 273 g/mol. The zero-order chi connectivity index (χ0) is 15.2. The summed E-state index contributed by atoms with van der Waals surface area (Å²) in [5.41, 5.74) is 0.0226. The van der Waals surface area contributed by atoms with E-state index < -0.39 is 11.7 Å². The average molecular weight is 295 g/mol. The minimum absolute atomic E-state index is 0.0226. The predicted molar refractivity (Wildman–Crippen MR) is 78.8 cm³/mol. The Balaban J connectivity index is 2.04. The minimum Gasteiger partial charge on any atom is -0.381 e. The van der Waals surface area contributed by atoms with Crippen LogP contribution in [0.15, 0.2) is 12.3 Å². The highest BCUT2D eigenvalue weighted by molar-refractivity contribution is 5.95. The first-order valence-corrected chi connectivity index (χ1v) is 7.40. The number of anilines is 1. The lowest BCUT2D eigenvalue weighted by molar-refractivity contribution is 0.0918. The second-order valence-electron chi connectivity index (χ2n) is 5.33. The second-order valence-corrected chi connectivity index (χ2v) is 5.33. The third-order valence-corrected chi connectivity index (χ3v) is 3.71. The van der Waals surface area contributed by atoms with E-state index in [0.717, 1.165) is 19.4 Å². The van der Waals surface area contributed by atoms with Crippen LogP contribution >= 0.6 is 0 Å². The molecule has 1 aliphatic heterocycles. The molecule has 1 aromatic rings. The third kappa shape index (κ3) is 3.91. The molecule has 0 saturated carbocycles. The van der Waals surface area contributed by atoms with Gasteiger partial charge in [0.25, 0.3) is 5.91 Å². The van der Waals surface area contributed by atoms with Gasteiger partial charge in [0.05, 0.1) is 12.2 Å². The molecule has 21 heavy (non-hydrogen) atoms. The van der Waals surface area contributed by atoms with Gasteiger partial charge >= 0.3 is 0 Å². The molecule has 1 saturated heterocycles. The predicted octanol–water partition coefficient (Wildman–Crippen LogP) is 2.20. The number of hydrogen-bond acceptors (Lipinski definition) is 4. The summed E-state index contributed by atoms with van der Waals surface area (Å²) in [6, 6.07) is 1.36. The standard InChI is InChI=1S/C15H22FN3O2/c1-3-6-17-14-13(16)12(4-7-18-14)15(20)19-10(2)11-5-8-21-9-11/h4,7,10-11H,3,5-6,8-9H2,1-2H3,(H,17,18)(H,19,20). The second kappa shape index (κ2) is 7.36. The Kier molecular flexibility index (Phi) is 5.50. The van der Waals surface area contributed by atoms with Crippen LogP contribution in [0.5, 0.6) is 0 Å². The maximum atomic E-state index is 14.3. The van der Waals surface area contributed by atoms with Gasteiger partial charge in [-0.15, -0.1) is 0 Å². The highest BCUT2D eigenvalue weighted by Crippen LogP contribution is 2.18. The molecule has 1 aliphatic rings. The van der Waals surface area contributed by atoms with Gasteiger partial charge in [0.1, 0.15) is 0 Å². The third-order valence-electron chi connectivity index (χ3n) is 3.71. The van der Waals surface area contributed by atoms with Gasteiger partial charge in [0.15, 0.2) is 11.6 Å². The van der Waals surface area contributed by atoms with Gasteiger partial charge in [-0.1, -0.05) is 6.92 Å². The van der Waals surface area contributed by atoms with Crippen molar-refractivity contribution in [1.82, 2.24) is 10.3 Å². The maximum absolute atomic E-state index is 14.3. The van der Waals surface area contributed by atoms with E-state index >= 15 is 0 Å². The van der Waals surface area contributed by atoms with Gasteiger partial charge in [0.2, 0.25) is 0 Å². The first-order chi connectivity index (χ1) is 10.1. The Morgan fingerprint density at radius 3 is 3.10 bits per heavy atom. The lowest BCUT2D eigenvalue weighted by Gasteiger charge is -2.19. The summed E-state index contributed by atoms with van der Waals surface area (Å²) in [5.74, 6) is -0.593. The molecule has 0 aliphatic carbocycles. The van der Waals surface area contributed by atoms with Gasteiger partial charge < -0.3 is 15.4 Å². The van der Waals surface area contributed by atoms with E-state index in [2.05, 4.69) is 15.6 Å². The topological polar surface area (TPSA) is 63.2 Å². The number of carbonyl (C=O) groups is 1. The largest absolute Gasteiger partial charge is 0.381 e. The Morgan fingerprint density at radius 1 is 1.62 bits per heavy atom. The Bertz CT molecular complexity index is 490. The summed E-state index contributed by atoms with van der Waals surface area (Å²) in [4.78, 5) is 16.1. The Labute approximate surface area is 124 Å². The molecule has 116 valence electrons. The SMILES string of the molecule is CCCNc1nccc(C(=O)NC(C)C2CCOC2)c1F. The fourth-order valence-corrected chi connectivity index (χ4v) is 2.34. The number of rotatable bonds is 6. The van der Waals surface area contributed by atoms with E-state index in [1.54, 1.807) is 0 Å². The lowest BCUT2D eigenvalue weighted by Crippen LogP contribution is -2.38. The smallest absolute Gasteiger partial charge is 0.254 e. The lowest BCUT2D eigenvalue weighted by atomic mass is 10.0. The highest BCUT2D eigenvalue weighted by atomic mass is 19.1. The number of nitrogens with zero attached hydrogens (tertiary/aromatic N) is 1. The van der Waals surface area contributed by atoms with Crippen molar-refractivity contribution in [2.24, 2.45) is 5.92 Å². The van der Waals surface area contributed by atoms with E-state index in [0.29, 0.717) is 13.2 Å². The van der Waals surface area contributed by atoms with Gasteiger partial charge in [-0.2, -0.15) is 0 Å². The summed E-state index contributed by atoms with van der Waals surface area (Å²) in [7, 11) is 0. The van der Waals surface area contributed by atoms with Crippen molar-refractivity contribution in [1.29, 1.82) is 0 Å². The highest BCUT2D eigenvalue weighted by Gasteiger charge is 2.25. The summed E-state index contributed by atoms with van der Waals surface area (Å²) < 4.78 is 19.6. The first kappa shape index (κ1) is 15.7. The molecule has 1 aromatic heterocycles. The van der Waals surface area contributed by atoms with Crippen LogP contribution in [0.2, 0.25) is 0 Å². The minimum atomic E-state index is -0.599. The Morgan fingerprint density at radius 2 is 2.43 bits per heavy atom. The number of hydrogen-bond donors (Lipinski definition) is 2. The van der Waals surface area contributed by atoms with E-state index in [1.807, 2.05) is 13.8 Å². The van der Waals surface area contributed by atoms with Crippen LogP contribution in [0.4, 0.5) is 10.2 Å². The molecule has 1 fully saturated rings.